The highest BCUT2D eigenvalue weighted by Gasteiger charge is 2.20. The second-order valence-electron chi connectivity index (χ2n) is 2.25. The van der Waals surface area contributed by atoms with Crippen LogP contribution in [0.15, 0.2) is 18.6 Å². The van der Waals surface area contributed by atoms with E-state index in [-0.39, 0.29) is 0 Å². The molecule has 0 aliphatic rings. The van der Waals surface area contributed by atoms with E-state index in [2.05, 4.69) is 9.97 Å². The fourth-order valence-corrected chi connectivity index (χ4v) is 1.35. The molecule has 0 aromatic carbocycles. The molecule has 0 unspecified atom stereocenters. The van der Waals surface area contributed by atoms with Gasteiger partial charge in [0, 0.05) is 29.3 Å². The van der Waals surface area contributed by atoms with Crippen molar-refractivity contribution in [1.82, 2.24) is 9.97 Å². The van der Waals surface area contributed by atoms with E-state index in [1.165, 1.54) is 25.5 Å². The Morgan fingerprint density at radius 2 is 2.17 bits per heavy atom. The SMILES string of the molecule is C[C@@H](c1cnccn1)S(=O)(=O)Cl. The van der Waals surface area contributed by atoms with Gasteiger partial charge in [0.25, 0.3) is 0 Å². The summed E-state index contributed by atoms with van der Waals surface area (Å²) in [5, 5.41) is -0.812. The Bertz CT molecular complexity index is 351. The number of aromatic nitrogens is 2. The first-order valence-corrected chi connectivity index (χ1v) is 5.58. The molecule has 0 fully saturated rings. The molecule has 66 valence electrons. The van der Waals surface area contributed by atoms with Gasteiger partial charge in [-0.05, 0) is 6.92 Å². The van der Waals surface area contributed by atoms with Crippen molar-refractivity contribution < 1.29 is 8.42 Å². The Morgan fingerprint density at radius 3 is 2.58 bits per heavy atom. The fourth-order valence-electron chi connectivity index (χ4n) is 0.665. The minimum absolute atomic E-state index is 0.354. The Morgan fingerprint density at radius 1 is 1.50 bits per heavy atom. The van der Waals surface area contributed by atoms with E-state index in [1.54, 1.807) is 0 Å². The maximum Gasteiger partial charge on any atom is 0.240 e. The number of halogens is 1. The summed E-state index contributed by atoms with van der Waals surface area (Å²) >= 11 is 0. The minimum Gasteiger partial charge on any atom is -0.261 e. The molecule has 1 heterocycles. The summed E-state index contributed by atoms with van der Waals surface area (Å²) < 4.78 is 21.7. The Balaban J connectivity index is 3.02. The lowest BCUT2D eigenvalue weighted by Gasteiger charge is -2.04. The lowest BCUT2D eigenvalue weighted by molar-refractivity contribution is 0.599. The Kier molecular flexibility index (Phi) is 2.64. The van der Waals surface area contributed by atoms with Crippen LogP contribution in [0.2, 0.25) is 0 Å². The topological polar surface area (TPSA) is 59.9 Å². The molecule has 0 saturated heterocycles. The van der Waals surface area contributed by atoms with Crippen molar-refractivity contribution in [3.63, 3.8) is 0 Å². The van der Waals surface area contributed by atoms with Crippen molar-refractivity contribution in [1.29, 1.82) is 0 Å². The molecule has 0 spiro atoms. The summed E-state index contributed by atoms with van der Waals surface area (Å²) in [4.78, 5) is 7.55. The summed E-state index contributed by atoms with van der Waals surface area (Å²) in [6.07, 6.45) is 4.27. The normalized spacial score (nSPS) is 14.2. The van der Waals surface area contributed by atoms with E-state index in [9.17, 15) is 8.42 Å². The quantitative estimate of drug-likeness (QED) is 0.680. The third kappa shape index (κ3) is 2.15. The summed E-state index contributed by atoms with van der Waals surface area (Å²) in [5.41, 5.74) is 0.354. The third-order valence-electron chi connectivity index (χ3n) is 1.42. The number of nitrogens with zero attached hydrogens (tertiary/aromatic N) is 2. The van der Waals surface area contributed by atoms with Gasteiger partial charge in [0.05, 0.1) is 5.69 Å². The minimum atomic E-state index is -3.59. The summed E-state index contributed by atoms with van der Waals surface area (Å²) in [7, 11) is 1.54. The van der Waals surface area contributed by atoms with Crippen LogP contribution in [0.25, 0.3) is 0 Å². The first-order chi connectivity index (χ1) is 5.52. The van der Waals surface area contributed by atoms with Crippen LogP contribution in [0.5, 0.6) is 0 Å². The van der Waals surface area contributed by atoms with E-state index >= 15 is 0 Å². The lowest BCUT2D eigenvalue weighted by Crippen LogP contribution is -2.04. The van der Waals surface area contributed by atoms with Gasteiger partial charge in [-0.15, -0.1) is 0 Å². The van der Waals surface area contributed by atoms with E-state index in [1.807, 2.05) is 0 Å². The van der Waals surface area contributed by atoms with Crippen LogP contribution in [0, 0.1) is 0 Å². The highest BCUT2D eigenvalue weighted by atomic mass is 35.7. The van der Waals surface area contributed by atoms with Crippen LogP contribution < -0.4 is 0 Å². The first-order valence-electron chi connectivity index (χ1n) is 3.21. The Labute approximate surface area is 75.0 Å². The second-order valence-corrected chi connectivity index (χ2v) is 5.20. The summed E-state index contributed by atoms with van der Waals surface area (Å²) in [6, 6.07) is 0. The molecule has 0 aliphatic carbocycles. The maximum atomic E-state index is 10.8. The monoisotopic (exact) mass is 206 g/mol. The summed E-state index contributed by atoms with van der Waals surface area (Å²) in [5.74, 6) is 0. The van der Waals surface area contributed by atoms with Gasteiger partial charge in [-0.3, -0.25) is 9.97 Å². The van der Waals surface area contributed by atoms with Gasteiger partial charge in [-0.25, -0.2) is 8.42 Å². The van der Waals surface area contributed by atoms with Gasteiger partial charge in [0.1, 0.15) is 5.25 Å². The van der Waals surface area contributed by atoms with Crippen molar-refractivity contribution in [2.75, 3.05) is 0 Å². The van der Waals surface area contributed by atoms with Gasteiger partial charge >= 0.3 is 0 Å². The van der Waals surface area contributed by atoms with Gasteiger partial charge < -0.3 is 0 Å². The number of rotatable bonds is 2. The van der Waals surface area contributed by atoms with Crippen LogP contribution in [0.4, 0.5) is 0 Å². The molecular weight excluding hydrogens is 200 g/mol. The van der Waals surface area contributed by atoms with Crippen LogP contribution in [0.1, 0.15) is 17.9 Å². The lowest BCUT2D eigenvalue weighted by atomic mass is 10.3. The van der Waals surface area contributed by atoms with E-state index in [0.717, 1.165) is 0 Å². The van der Waals surface area contributed by atoms with Crippen molar-refractivity contribution >= 4 is 19.7 Å². The zero-order valence-corrected chi connectivity index (χ0v) is 7.88. The average molecular weight is 207 g/mol. The highest BCUT2D eigenvalue weighted by molar-refractivity contribution is 8.13. The predicted octanol–water partition coefficient (Wildman–Crippen LogP) is 1.11. The van der Waals surface area contributed by atoms with Crippen LogP contribution in [-0.4, -0.2) is 18.4 Å². The predicted molar refractivity (Wildman–Crippen MR) is 45.2 cm³/mol. The van der Waals surface area contributed by atoms with Crippen LogP contribution >= 0.6 is 10.7 Å². The molecular formula is C6H7ClN2O2S. The van der Waals surface area contributed by atoms with Crippen LogP contribution in [-0.2, 0) is 9.05 Å². The Hall–Kier alpha value is -0.680. The van der Waals surface area contributed by atoms with Gasteiger partial charge in [0.15, 0.2) is 0 Å². The van der Waals surface area contributed by atoms with E-state index < -0.39 is 14.3 Å². The molecule has 1 aromatic rings. The van der Waals surface area contributed by atoms with E-state index in [4.69, 9.17) is 10.7 Å². The second kappa shape index (κ2) is 3.37. The zero-order chi connectivity index (χ0) is 9.19. The number of hydrogen-bond donors (Lipinski definition) is 0. The van der Waals surface area contributed by atoms with Gasteiger partial charge in [-0.1, -0.05) is 0 Å². The largest absolute Gasteiger partial charge is 0.261 e. The third-order valence-corrected chi connectivity index (χ3v) is 3.31. The summed E-state index contributed by atoms with van der Waals surface area (Å²) in [6.45, 7) is 1.46. The smallest absolute Gasteiger partial charge is 0.240 e. The zero-order valence-electron chi connectivity index (χ0n) is 6.31. The maximum absolute atomic E-state index is 10.8. The van der Waals surface area contributed by atoms with Crippen LogP contribution in [0.3, 0.4) is 0 Å². The molecule has 1 rings (SSSR count). The molecule has 0 saturated carbocycles. The molecule has 12 heavy (non-hydrogen) atoms. The molecule has 0 bridgehead atoms. The standard InChI is InChI=1S/C6H7ClN2O2S/c1-5(12(7,10)11)6-4-8-2-3-9-6/h2-5H,1H3/t5-/m0/s1. The molecule has 0 N–H and O–H groups in total. The van der Waals surface area contributed by atoms with Crippen molar-refractivity contribution in [3.8, 4) is 0 Å². The molecule has 6 heteroatoms. The highest BCUT2D eigenvalue weighted by Crippen LogP contribution is 2.21. The number of hydrogen-bond acceptors (Lipinski definition) is 4. The average Bonchev–Trinajstić information content (AvgIpc) is 2.03. The first kappa shape index (κ1) is 9.41. The molecule has 0 amide bonds. The van der Waals surface area contributed by atoms with Crippen molar-refractivity contribution in [2.24, 2.45) is 0 Å². The fraction of sp³-hybridized carbons (Fsp3) is 0.333. The van der Waals surface area contributed by atoms with Gasteiger partial charge in [0.2, 0.25) is 9.05 Å². The van der Waals surface area contributed by atoms with E-state index in [0.29, 0.717) is 5.69 Å². The molecule has 1 atom stereocenters. The van der Waals surface area contributed by atoms with Crippen molar-refractivity contribution in [3.05, 3.63) is 24.3 Å². The molecule has 0 radical (unpaired) electrons. The molecule has 0 aliphatic heterocycles. The van der Waals surface area contributed by atoms with Gasteiger partial charge in [-0.2, -0.15) is 0 Å². The molecule has 1 aromatic heterocycles. The molecule has 4 nitrogen and oxygen atoms in total. The van der Waals surface area contributed by atoms with Crippen molar-refractivity contribution in [2.45, 2.75) is 12.2 Å².